The molecule has 0 fully saturated rings. The monoisotopic (exact) mass is 220 g/mol. The third-order valence-corrected chi connectivity index (χ3v) is 2.28. The van der Waals surface area contributed by atoms with Gasteiger partial charge in [-0.3, -0.25) is 0 Å². The maximum absolute atomic E-state index is 5.64. The fourth-order valence-electron chi connectivity index (χ4n) is 1.32. The minimum atomic E-state index is 0.383. The molecular formula is C13H20N2O. The Kier molecular flexibility index (Phi) is 4.99. The van der Waals surface area contributed by atoms with Crippen LogP contribution >= 0.6 is 0 Å². The summed E-state index contributed by atoms with van der Waals surface area (Å²) in [5.41, 5.74) is 7.73. The van der Waals surface area contributed by atoms with Crippen molar-refractivity contribution in [3.05, 3.63) is 36.0 Å². The SMILES string of the molecule is C=CCCOc1cc(CN)cc(C(C)C)n1. The van der Waals surface area contributed by atoms with Gasteiger partial charge in [-0.15, -0.1) is 6.58 Å². The van der Waals surface area contributed by atoms with E-state index in [2.05, 4.69) is 25.4 Å². The topological polar surface area (TPSA) is 48.1 Å². The molecule has 3 nitrogen and oxygen atoms in total. The second kappa shape index (κ2) is 6.28. The molecular weight excluding hydrogens is 200 g/mol. The van der Waals surface area contributed by atoms with Gasteiger partial charge >= 0.3 is 0 Å². The summed E-state index contributed by atoms with van der Waals surface area (Å²) in [7, 11) is 0. The third kappa shape index (κ3) is 3.66. The molecule has 1 aromatic rings. The van der Waals surface area contributed by atoms with Gasteiger partial charge in [0.15, 0.2) is 0 Å². The van der Waals surface area contributed by atoms with Crippen LogP contribution in [-0.2, 0) is 6.54 Å². The predicted octanol–water partition coefficient (Wildman–Crippen LogP) is 2.62. The van der Waals surface area contributed by atoms with Crippen LogP contribution in [0.5, 0.6) is 5.88 Å². The Bertz CT molecular complexity index is 348. The van der Waals surface area contributed by atoms with Gasteiger partial charge in [0.1, 0.15) is 0 Å². The summed E-state index contributed by atoms with van der Waals surface area (Å²) in [5.74, 6) is 1.04. The Hall–Kier alpha value is -1.35. The highest BCUT2D eigenvalue weighted by Gasteiger charge is 2.06. The minimum Gasteiger partial charge on any atom is -0.477 e. The van der Waals surface area contributed by atoms with E-state index in [1.807, 2.05) is 18.2 Å². The summed E-state index contributed by atoms with van der Waals surface area (Å²) >= 11 is 0. The van der Waals surface area contributed by atoms with Crippen LogP contribution in [-0.4, -0.2) is 11.6 Å². The van der Waals surface area contributed by atoms with E-state index in [1.54, 1.807) is 0 Å². The molecule has 88 valence electrons. The fraction of sp³-hybridized carbons (Fsp3) is 0.462. The van der Waals surface area contributed by atoms with Crippen molar-refractivity contribution in [3.8, 4) is 5.88 Å². The van der Waals surface area contributed by atoms with Crippen LogP contribution in [0, 0.1) is 0 Å². The lowest BCUT2D eigenvalue weighted by Crippen LogP contribution is -2.05. The second-order valence-corrected chi connectivity index (χ2v) is 4.02. The van der Waals surface area contributed by atoms with E-state index in [1.165, 1.54) is 0 Å². The van der Waals surface area contributed by atoms with Crippen LogP contribution in [0.2, 0.25) is 0 Å². The van der Waals surface area contributed by atoms with Gasteiger partial charge in [0.25, 0.3) is 0 Å². The first-order chi connectivity index (χ1) is 7.67. The summed E-state index contributed by atoms with van der Waals surface area (Å²) in [6.07, 6.45) is 2.65. The smallest absolute Gasteiger partial charge is 0.213 e. The average molecular weight is 220 g/mol. The van der Waals surface area contributed by atoms with E-state index in [0.29, 0.717) is 24.9 Å². The Morgan fingerprint density at radius 3 is 2.81 bits per heavy atom. The van der Waals surface area contributed by atoms with Crippen molar-refractivity contribution in [1.29, 1.82) is 0 Å². The van der Waals surface area contributed by atoms with Gasteiger partial charge in [0, 0.05) is 18.3 Å². The molecule has 2 N–H and O–H groups in total. The Labute approximate surface area is 97.3 Å². The summed E-state index contributed by atoms with van der Waals surface area (Å²) in [6.45, 7) is 8.99. The lowest BCUT2D eigenvalue weighted by Gasteiger charge is -2.10. The zero-order chi connectivity index (χ0) is 12.0. The van der Waals surface area contributed by atoms with Gasteiger partial charge in [-0.05, 0) is 24.0 Å². The molecule has 0 aliphatic carbocycles. The van der Waals surface area contributed by atoms with Crippen molar-refractivity contribution < 1.29 is 4.74 Å². The maximum atomic E-state index is 5.64. The van der Waals surface area contributed by atoms with Crippen molar-refractivity contribution in [1.82, 2.24) is 4.98 Å². The molecule has 0 radical (unpaired) electrons. The van der Waals surface area contributed by atoms with E-state index in [9.17, 15) is 0 Å². The van der Waals surface area contributed by atoms with Crippen molar-refractivity contribution in [2.45, 2.75) is 32.7 Å². The number of nitrogens with zero attached hydrogens (tertiary/aromatic N) is 1. The number of nitrogens with two attached hydrogens (primary N) is 1. The molecule has 0 amide bonds. The Morgan fingerprint density at radius 1 is 1.50 bits per heavy atom. The number of rotatable bonds is 6. The highest BCUT2D eigenvalue weighted by atomic mass is 16.5. The van der Waals surface area contributed by atoms with Gasteiger partial charge in [0.05, 0.1) is 6.61 Å². The zero-order valence-electron chi connectivity index (χ0n) is 10.1. The van der Waals surface area contributed by atoms with Crippen LogP contribution in [0.25, 0.3) is 0 Å². The molecule has 0 aromatic carbocycles. The number of aromatic nitrogens is 1. The molecule has 0 atom stereocenters. The van der Waals surface area contributed by atoms with Crippen LogP contribution in [0.15, 0.2) is 24.8 Å². The predicted molar refractivity (Wildman–Crippen MR) is 66.5 cm³/mol. The molecule has 0 bridgehead atoms. The molecule has 0 unspecified atom stereocenters. The number of ether oxygens (including phenoxy) is 1. The van der Waals surface area contributed by atoms with Crippen molar-refractivity contribution in [2.75, 3.05) is 6.61 Å². The van der Waals surface area contributed by atoms with Crippen molar-refractivity contribution >= 4 is 0 Å². The number of hydrogen-bond donors (Lipinski definition) is 1. The van der Waals surface area contributed by atoms with E-state index < -0.39 is 0 Å². The van der Waals surface area contributed by atoms with Gasteiger partial charge in [0.2, 0.25) is 5.88 Å². The van der Waals surface area contributed by atoms with Crippen LogP contribution in [0.1, 0.15) is 37.4 Å². The van der Waals surface area contributed by atoms with Crippen LogP contribution in [0.4, 0.5) is 0 Å². The van der Waals surface area contributed by atoms with Crippen molar-refractivity contribution in [2.24, 2.45) is 5.73 Å². The quantitative estimate of drug-likeness (QED) is 0.592. The first kappa shape index (κ1) is 12.7. The normalized spacial score (nSPS) is 10.5. The summed E-state index contributed by atoms with van der Waals surface area (Å²) in [4.78, 5) is 4.44. The zero-order valence-corrected chi connectivity index (χ0v) is 10.1. The highest BCUT2D eigenvalue weighted by molar-refractivity contribution is 5.26. The molecule has 0 aliphatic heterocycles. The molecule has 0 spiro atoms. The van der Waals surface area contributed by atoms with Crippen LogP contribution < -0.4 is 10.5 Å². The lowest BCUT2D eigenvalue weighted by atomic mass is 10.1. The number of hydrogen-bond acceptors (Lipinski definition) is 3. The fourth-order valence-corrected chi connectivity index (χ4v) is 1.32. The van der Waals surface area contributed by atoms with Gasteiger partial charge in [-0.1, -0.05) is 19.9 Å². The molecule has 1 heterocycles. The third-order valence-electron chi connectivity index (χ3n) is 2.28. The van der Waals surface area contributed by atoms with Gasteiger partial charge in [-0.2, -0.15) is 0 Å². The molecule has 0 saturated carbocycles. The molecule has 1 rings (SSSR count). The average Bonchev–Trinajstić information content (AvgIpc) is 2.29. The molecule has 0 saturated heterocycles. The van der Waals surface area contributed by atoms with Gasteiger partial charge < -0.3 is 10.5 Å². The van der Waals surface area contributed by atoms with E-state index in [0.717, 1.165) is 17.7 Å². The number of pyridine rings is 1. The molecule has 3 heteroatoms. The highest BCUT2D eigenvalue weighted by Crippen LogP contribution is 2.18. The Balaban J connectivity index is 2.82. The van der Waals surface area contributed by atoms with E-state index in [-0.39, 0.29) is 0 Å². The molecule has 16 heavy (non-hydrogen) atoms. The maximum Gasteiger partial charge on any atom is 0.213 e. The summed E-state index contributed by atoms with van der Waals surface area (Å²) < 4.78 is 5.54. The van der Waals surface area contributed by atoms with Crippen molar-refractivity contribution in [3.63, 3.8) is 0 Å². The Morgan fingerprint density at radius 2 is 2.25 bits per heavy atom. The summed E-state index contributed by atoms with van der Waals surface area (Å²) in [5, 5.41) is 0. The van der Waals surface area contributed by atoms with Gasteiger partial charge in [-0.25, -0.2) is 4.98 Å². The van der Waals surface area contributed by atoms with E-state index in [4.69, 9.17) is 10.5 Å². The van der Waals surface area contributed by atoms with E-state index >= 15 is 0 Å². The molecule has 1 aromatic heterocycles. The molecule has 0 aliphatic rings. The summed E-state index contributed by atoms with van der Waals surface area (Å²) in [6, 6.07) is 3.93. The first-order valence-electron chi connectivity index (χ1n) is 5.62. The van der Waals surface area contributed by atoms with Crippen LogP contribution in [0.3, 0.4) is 0 Å². The largest absolute Gasteiger partial charge is 0.477 e. The second-order valence-electron chi connectivity index (χ2n) is 4.02. The minimum absolute atomic E-state index is 0.383. The standard InChI is InChI=1S/C13H20N2O/c1-4-5-6-16-13-8-11(9-14)7-12(15-13)10(2)3/h4,7-8,10H,1,5-6,9,14H2,2-3H3. The lowest BCUT2D eigenvalue weighted by molar-refractivity contribution is 0.310. The first-order valence-corrected chi connectivity index (χ1v) is 5.62.